The first-order valence-corrected chi connectivity index (χ1v) is 6.31. The summed E-state index contributed by atoms with van der Waals surface area (Å²) in [5.41, 5.74) is 2.51. The van der Waals surface area contributed by atoms with Gasteiger partial charge in [0.25, 0.3) is 0 Å². The van der Waals surface area contributed by atoms with Crippen molar-refractivity contribution in [2.75, 3.05) is 0 Å². The van der Waals surface area contributed by atoms with Crippen molar-refractivity contribution in [3.63, 3.8) is 0 Å². The van der Waals surface area contributed by atoms with Crippen molar-refractivity contribution >= 4 is 5.91 Å². The number of carbonyl (C=O) groups is 1. The van der Waals surface area contributed by atoms with Crippen LogP contribution in [0.25, 0.3) is 0 Å². The van der Waals surface area contributed by atoms with Crippen molar-refractivity contribution in [3.8, 4) is 12.3 Å². The van der Waals surface area contributed by atoms with E-state index >= 15 is 0 Å². The number of hydrogen-bond donors (Lipinski definition) is 2. The van der Waals surface area contributed by atoms with Gasteiger partial charge in [-0.25, -0.2) is 0 Å². The third-order valence-electron chi connectivity index (χ3n) is 3.32. The molecule has 2 rings (SSSR count). The van der Waals surface area contributed by atoms with Crippen molar-refractivity contribution in [2.45, 2.75) is 38.4 Å². The fourth-order valence-electron chi connectivity index (χ4n) is 2.17. The van der Waals surface area contributed by atoms with E-state index in [1.54, 1.807) is 0 Å². The lowest BCUT2D eigenvalue weighted by molar-refractivity contribution is -0.123. The highest BCUT2D eigenvalue weighted by Gasteiger charge is 2.24. The van der Waals surface area contributed by atoms with Crippen LogP contribution in [0.5, 0.6) is 0 Å². The van der Waals surface area contributed by atoms with Gasteiger partial charge >= 0.3 is 0 Å². The van der Waals surface area contributed by atoms with Gasteiger partial charge in [0.15, 0.2) is 0 Å². The lowest BCUT2D eigenvalue weighted by Crippen LogP contribution is -2.50. The van der Waals surface area contributed by atoms with Gasteiger partial charge in [-0.05, 0) is 24.0 Å². The SMILES string of the molecule is C#CC(CC)NC(=O)C1Cc2ccccc2CN1. The first-order valence-electron chi connectivity index (χ1n) is 6.31. The Balaban J connectivity index is 2.01. The Morgan fingerprint density at radius 1 is 1.56 bits per heavy atom. The summed E-state index contributed by atoms with van der Waals surface area (Å²) in [6.45, 7) is 2.70. The molecule has 2 atom stereocenters. The Morgan fingerprint density at radius 2 is 2.28 bits per heavy atom. The molecule has 1 amide bonds. The van der Waals surface area contributed by atoms with Crippen LogP contribution in [0.4, 0.5) is 0 Å². The topological polar surface area (TPSA) is 41.1 Å². The monoisotopic (exact) mass is 242 g/mol. The maximum Gasteiger partial charge on any atom is 0.238 e. The molecule has 0 aliphatic carbocycles. The smallest absolute Gasteiger partial charge is 0.238 e. The normalized spacial score (nSPS) is 19.4. The molecule has 0 aromatic heterocycles. The van der Waals surface area contributed by atoms with Crippen molar-refractivity contribution in [1.29, 1.82) is 0 Å². The van der Waals surface area contributed by atoms with Crippen LogP contribution in [0, 0.1) is 12.3 Å². The quantitative estimate of drug-likeness (QED) is 0.783. The van der Waals surface area contributed by atoms with Gasteiger partial charge in [-0.3, -0.25) is 4.79 Å². The lowest BCUT2D eigenvalue weighted by Gasteiger charge is -2.26. The molecule has 0 saturated carbocycles. The van der Waals surface area contributed by atoms with Crippen molar-refractivity contribution < 1.29 is 4.79 Å². The van der Waals surface area contributed by atoms with Crippen LogP contribution in [0.3, 0.4) is 0 Å². The van der Waals surface area contributed by atoms with E-state index in [4.69, 9.17) is 6.42 Å². The highest BCUT2D eigenvalue weighted by atomic mass is 16.2. The number of rotatable bonds is 3. The summed E-state index contributed by atoms with van der Waals surface area (Å²) in [4.78, 5) is 12.1. The van der Waals surface area contributed by atoms with E-state index in [-0.39, 0.29) is 18.0 Å². The molecule has 1 heterocycles. The minimum absolute atomic E-state index is 0.00527. The molecule has 0 spiro atoms. The third kappa shape index (κ3) is 2.72. The number of nitrogens with one attached hydrogen (secondary N) is 2. The first kappa shape index (κ1) is 12.7. The molecule has 2 N–H and O–H groups in total. The Hall–Kier alpha value is -1.79. The maximum absolute atomic E-state index is 12.1. The van der Waals surface area contributed by atoms with Gasteiger partial charge in [-0.1, -0.05) is 37.1 Å². The zero-order valence-corrected chi connectivity index (χ0v) is 10.6. The van der Waals surface area contributed by atoms with Gasteiger partial charge in [-0.2, -0.15) is 0 Å². The van der Waals surface area contributed by atoms with Crippen LogP contribution in [-0.2, 0) is 17.8 Å². The Morgan fingerprint density at radius 3 is 2.94 bits per heavy atom. The fraction of sp³-hybridized carbons (Fsp3) is 0.400. The second-order valence-corrected chi connectivity index (χ2v) is 4.54. The number of carbonyl (C=O) groups excluding carboxylic acids is 1. The number of fused-ring (bicyclic) bond motifs is 1. The molecular formula is C15H18N2O. The van der Waals surface area contributed by atoms with Crippen molar-refractivity contribution in [1.82, 2.24) is 10.6 Å². The molecule has 1 aromatic carbocycles. The second-order valence-electron chi connectivity index (χ2n) is 4.54. The van der Waals surface area contributed by atoms with Crippen LogP contribution in [0.1, 0.15) is 24.5 Å². The van der Waals surface area contributed by atoms with Gasteiger partial charge < -0.3 is 10.6 Å². The lowest BCUT2D eigenvalue weighted by atomic mass is 9.95. The third-order valence-corrected chi connectivity index (χ3v) is 3.32. The zero-order chi connectivity index (χ0) is 13.0. The summed E-state index contributed by atoms with van der Waals surface area (Å²) in [7, 11) is 0. The zero-order valence-electron chi connectivity index (χ0n) is 10.6. The number of amides is 1. The van der Waals surface area contributed by atoms with Gasteiger partial charge in [-0.15, -0.1) is 6.42 Å². The second kappa shape index (κ2) is 5.70. The summed E-state index contributed by atoms with van der Waals surface area (Å²) in [5.74, 6) is 2.58. The molecule has 3 nitrogen and oxygen atoms in total. The van der Waals surface area contributed by atoms with Gasteiger partial charge in [0, 0.05) is 6.54 Å². The Bertz CT molecular complexity index is 476. The van der Waals surface area contributed by atoms with E-state index < -0.39 is 0 Å². The predicted molar refractivity (Wildman–Crippen MR) is 71.8 cm³/mol. The van der Waals surface area contributed by atoms with Crippen LogP contribution in [-0.4, -0.2) is 18.0 Å². The Labute approximate surface area is 108 Å². The predicted octanol–water partition coefficient (Wildman–Crippen LogP) is 1.23. The molecule has 0 radical (unpaired) electrons. The fourth-order valence-corrected chi connectivity index (χ4v) is 2.17. The van der Waals surface area contributed by atoms with Gasteiger partial charge in [0.2, 0.25) is 5.91 Å². The number of benzene rings is 1. The van der Waals surface area contributed by atoms with Crippen molar-refractivity contribution in [2.24, 2.45) is 0 Å². The average Bonchev–Trinajstić information content (AvgIpc) is 2.44. The summed E-state index contributed by atoms with van der Waals surface area (Å²) in [5, 5.41) is 6.13. The first-order chi connectivity index (χ1) is 8.74. The van der Waals surface area contributed by atoms with Crippen molar-refractivity contribution in [3.05, 3.63) is 35.4 Å². The largest absolute Gasteiger partial charge is 0.341 e. The average molecular weight is 242 g/mol. The van der Waals surface area contributed by atoms with E-state index in [1.165, 1.54) is 11.1 Å². The molecule has 1 aliphatic heterocycles. The minimum Gasteiger partial charge on any atom is -0.341 e. The molecule has 0 fully saturated rings. The van der Waals surface area contributed by atoms with E-state index in [0.717, 1.165) is 19.4 Å². The molecular weight excluding hydrogens is 224 g/mol. The van der Waals surface area contributed by atoms with Gasteiger partial charge in [0.1, 0.15) is 0 Å². The summed E-state index contributed by atoms with van der Waals surface area (Å²) in [6, 6.07) is 7.85. The van der Waals surface area contributed by atoms with Crippen LogP contribution < -0.4 is 10.6 Å². The molecule has 94 valence electrons. The van der Waals surface area contributed by atoms with Gasteiger partial charge in [0.05, 0.1) is 12.1 Å². The van der Waals surface area contributed by atoms with Crippen LogP contribution in [0.2, 0.25) is 0 Å². The molecule has 0 bridgehead atoms. The molecule has 2 unspecified atom stereocenters. The minimum atomic E-state index is -0.178. The van der Waals surface area contributed by atoms with Crippen LogP contribution >= 0.6 is 0 Å². The molecule has 1 aromatic rings. The van der Waals surface area contributed by atoms with E-state index in [9.17, 15) is 4.79 Å². The summed E-state index contributed by atoms with van der Waals surface area (Å²) >= 11 is 0. The number of hydrogen-bond acceptors (Lipinski definition) is 2. The maximum atomic E-state index is 12.1. The molecule has 0 saturated heterocycles. The summed E-state index contributed by atoms with van der Waals surface area (Å²) < 4.78 is 0. The van der Waals surface area contributed by atoms with E-state index in [0.29, 0.717) is 0 Å². The van der Waals surface area contributed by atoms with Crippen LogP contribution in [0.15, 0.2) is 24.3 Å². The summed E-state index contributed by atoms with van der Waals surface area (Å²) in [6.07, 6.45) is 6.83. The Kier molecular flexibility index (Phi) is 4.01. The molecule has 3 heteroatoms. The highest BCUT2D eigenvalue weighted by Crippen LogP contribution is 2.16. The standard InChI is InChI=1S/C15H18N2O/c1-3-13(4-2)17-15(18)14-9-11-7-5-6-8-12(11)10-16-14/h1,5-8,13-14,16H,4,9-10H2,2H3,(H,17,18). The molecule has 18 heavy (non-hydrogen) atoms. The number of terminal acetylenes is 1. The molecule has 1 aliphatic rings. The van der Waals surface area contributed by atoms with E-state index in [2.05, 4.69) is 28.7 Å². The highest BCUT2D eigenvalue weighted by molar-refractivity contribution is 5.83. The van der Waals surface area contributed by atoms with E-state index in [1.807, 2.05) is 19.1 Å².